The lowest BCUT2D eigenvalue weighted by atomic mass is 10.2. The molecule has 0 spiro atoms. The molecule has 7 heteroatoms. The van der Waals surface area contributed by atoms with Crippen LogP contribution in [0.3, 0.4) is 0 Å². The number of nitrogen functional groups attached to an aromatic ring is 1. The molecule has 1 amide bonds. The van der Waals surface area contributed by atoms with Crippen LogP contribution in [0.15, 0.2) is 48.8 Å². The molecule has 0 aliphatic rings. The first kappa shape index (κ1) is 15.1. The Morgan fingerprint density at radius 3 is 2.70 bits per heavy atom. The summed E-state index contributed by atoms with van der Waals surface area (Å²) in [5.74, 6) is 0.283. The minimum absolute atomic E-state index is 0.269. The Hall–Kier alpha value is -2.86. The van der Waals surface area contributed by atoms with Crippen molar-refractivity contribution in [2.75, 3.05) is 11.1 Å². The van der Waals surface area contributed by atoms with Crippen molar-refractivity contribution >= 4 is 29.1 Å². The van der Waals surface area contributed by atoms with Gasteiger partial charge in [-0.2, -0.15) is 5.10 Å². The molecule has 0 atom stereocenters. The Morgan fingerprint density at radius 1 is 1.22 bits per heavy atom. The van der Waals surface area contributed by atoms with E-state index in [1.54, 1.807) is 16.8 Å². The molecule has 3 rings (SSSR count). The van der Waals surface area contributed by atoms with E-state index in [-0.39, 0.29) is 17.3 Å². The highest BCUT2D eigenvalue weighted by molar-refractivity contribution is 6.30. The van der Waals surface area contributed by atoms with Gasteiger partial charge in [-0.25, -0.2) is 9.67 Å². The summed E-state index contributed by atoms with van der Waals surface area (Å²) >= 11 is 5.77. The number of nitrogens with one attached hydrogen (secondary N) is 1. The number of para-hydroxylation sites is 1. The second-order valence-electron chi connectivity index (χ2n) is 4.96. The van der Waals surface area contributed by atoms with E-state index in [1.807, 2.05) is 31.2 Å². The minimum Gasteiger partial charge on any atom is -0.383 e. The van der Waals surface area contributed by atoms with Crippen molar-refractivity contribution in [3.8, 4) is 5.69 Å². The van der Waals surface area contributed by atoms with Gasteiger partial charge in [0, 0.05) is 6.20 Å². The zero-order chi connectivity index (χ0) is 16.4. The molecule has 2 heterocycles. The van der Waals surface area contributed by atoms with E-state index in [4.69, 9.17) is 17.3 Å². The van der Waals surface area contributed by atoms with Crippen molar-refractivity contribution in [3.05, 3.63) is 64.9 Å². The summed E-state index contributed by atoms with van der Waals surface area (Å²) in [6.45, 7) is 1.95. The number of pyridine rings is 1. The standard InChI is InChI=1S/C16H14ClN5O/c1-10-4-2-3-5-13(10)22-15(18)12(9-20-22)16(23)21-14-7-6-11(17)8-19-14/h2-9H,18H2,1H3,(H,19,21,23). The van der Waals surface area contributed by atoms with Gasteiger partial charge in [-0.15, -0.1) is 0 Å². The first-order valence-corrected chi connectivity index (χ1v) is 7.26. The van der Waals surface area contributed by atoms with Gasteiger partial charge in [0.25, 0.3) is 5.91 Å². The van der Waals surface area contributed by atoms with Gasteiger partial charge in [0.15, 0.2) is 0 Å². The van der Waals surface area contributed by atoms with E-state index in [2.05, 4.69) is 15.4 Å². The summed E-state index contributed by atoms with van der Waals surface area (Å²) in [6, 6.07) is 10.9. The van der Waals surface area contributed by atoms with Crippen molar-refractivity contribution in [3.63, 3.8) is 0 Å². The Balaban J connectivity index is 1.88. The Bertz CT molecular complexity index is 857. The predicted octanol–water partition coefficient (Wildman–Crippen LogP) is 3.06. The summed E-state index contributed by atoms with van der Waals surface area (Å²) < 4.78 is 1.54. The summed E-state index contributed by atoms with van der Waals surface area (Å²) in [4.78, 5) is 16.4. The van der Waals surface area contributed by atoms with Gasteiger partial charge in [-0.1, -0.05) is 29.8 Å². The monoisotopic (exact) mass is 327 g/mol. The topological polar surface area (TPSA) is 85.8 Å². The van der Waals surface area contributed by atoms with Crippen molar-refractivity contribution in [2.24, 2.45) is 0 Å². The van der Waals surface area contributed by atoms with E-state index in [1.165, 1.54) is 12.4 Å². The molecule has 0 aliphatic carbocycles. The van der Waals surface area contributed by atoms with Crippen LogP contribution in [0.5, 0.6) is 0 Å². The lowest BCUT2D eigenvalue weighted by Gasteiger charge is -2.08. The van der Waals surface area contributed by atoms with Crippen LogP contribution < -0.4 is 11.1 Å². The van der Waals surface area contributed by atoms with Crippen LogP contribution in [-0.2, 0) is 0 Å². The number of aryl methyl sites for hydroxylation is 1. The minimum atomic E-state index is -0.378. The number of aromatic nitrogens is 3. The first-order valence-electron chi connectivity index (χ1n) is 6.88. The molecule has 3 aromatic rings. The van der Waals surface area contributed by atoms with Crippen LogP contribution in [0, 0.1) is 6.92 Å². The number of nitrogens with zero attached hydrogens (tertiary/aromatic N) is 3. The van der Waals surface area contributed by atoms with Crippen molar-refractivity contribution in [1.82, 2.24) is 14.8 Å². The maximum atomic E-state index is 12.3. The number of nitrogens with two attached hydrogens (primary N) is 1. The number of hydrogen-bond donors (Lipinski definition) is 2. The van der Waals surface area contributed by atoms with E-state index in [0.717, 1.165) is 11.3 Å². The summed E-state index contributed by atoms with van der Waals surface area (Å²) in [6.07, 6.45) is 2.89. The Morgan fingerprint density at radius 2 is 2.00 bits per heavy atom. The van der Waals surface area contributed by atoms with Crippen molar-refractivity contribution in [2.45, 2.75) is 6.92 Å². The molecule has 6 nitrogen and oxygen atoms in total. The van der Waals surface area contributed by atoms with Gasteiger partial charge in [0.05, 0.1) is 16.9 Å². The van der Waals surface area contributed by atoms with E-state index < -0.39 is 0 Å². The zero-order valence-corrected chi connectivity index (χ0v) is 13.1. The molecule has 1 aromatic carbocycles. The van der Waals surface area contributed by atoms with E-state index >= 15 is 0 Å². The number of halogens is 1. The fraction of sp³-hybridized carbons (Fsp3) is 0.0625. The molecule has 0 saturated carbocycles. The number of benzene rings is 1. The third-order valence-corrected chi connectivity index (χ3v) is 3.59. The number of carbonyl (C=O) groups excluding carboxylic acids is 1. The van der Waals surface area contributed by atoms with Gasteiger partial charge in [-0.3, -0.25) is 4.79 Å². The molecule has 23 heavy (non-hydrogen) atoms. The highest BCUT2D eigenvalue weighted by atomic mass is 35.5. The van der Waals surface area contributed by atoms with Crippen LogP contribution in [0.25, 0.3) is 5.69 Å². The van der Waals surface area contributed by atoms with Gasteiger partial charge in [0.1, 0.15) is 17.2 Å². The summed E-state index contributed by atoms with van der Waals surface area (Å²) in [7, 11) is 0. The molecule has 0 bridgehead atoms. The molecule has 0 radical (unpaired) electrons. The molecule has 2 aromatic heterocycles. The number of hydrogen-bond acceptors (Lipinski definition) is 4. The molecule has 0 fully saturated rings. The fourth-order valence-electron chi connectivity index (χ4n) is 2.16. The first-order chi connectivity index (χ1) is 11.1. The second kappa shape index (κ2) is 6.10. The van der Waals surface area contributed by atoms with E-state index in [9.17, 15) is 4.79 Å². The highest BCUT2D eigenvalue weighted by Crippen LogP contribution is 2.20. The third kappa shape index (κ3) is 3.02. The van der Waals surface area contributed by atoms with Gasteiger partial charge in [0.2, 0.25) is 0 Å². The number of rotatable bonds is 3. The lowest BCUT2D eigenvalue weighted by molar-refractivity contribution is 0.102. The van der Waals surface area contributed by atoms with Crippen LogP contribution in [-0.4, -0.2) is 20.7 Å². The summed E-state index contributed by atoms with van der Waals surface area (Å²) in [5.41, 5.74) is 8.20. The predicted molar refractivity (Wildman–Crippen MR) is 89.9 cm³/mol. The van der Waals surface area contributed by atoms with Gasteiger partial charge >= 0.3 is 0 Å². The molecule has 116 valence electrons. The average Bonchev–Trinajstić information content (AvgIpc) is 2.92. The van der Waals surface area contributed by atoms with Gasteiger partial charge < -0.3 is 11.1 Å². The third-order valence-electron chi connectivity index (χ3n) is 3.36. The fourth-order valence-corrected chi connectivity index (χ4v) is 2.27. The Labute approximate surface area is 137 Å². The maximum absolute atomic E-state index is 12.3. The average molecular weight is 328 g/mol. The maximum Gasteiger partial charge on any atom is 0.262 e. The molecule has 3 N–H and O–H groups in total. The molecule has 0 unspecified atom stereocenters. The largest absolute Gasteiger partial charge is 0.383 e. The van der Waals surface area contributed by atoms with Crippen molar-refractivity contribution < 1.29 is 4.79 Å². The molecule has 0 aliphatic heterocycles. The lowest BCUT2D eigenvalue weighted by Crippen LogP contribution is -2.15. The number of carbonyl (C=O) groups is 1. The SMILES string of the molecule is Cc1ccccc1-n1ncc(C(=O)Nc2ccc(Cl)cn2)c1N. The number of amides is 1. The molecule has 0 saturated heterocycles. The van der Waals surface area contributed by atoms with Crippen LogP contribution in [0.1, 0.15) is 15.9 Å². The van der Waals surface area contributed by atoms with E-state index in [0.29, 0.717) is 10.8 Å². The summed E-state index contributed by atoms with van der Waals surface area (Å²) in [5, 5.41) is 7.37. The highest BCUT2D eigenvalue weighted by Gasteiger charge is 2.17. The second-order valence-corrected chi connectivity index (χ2v) is 5.39. The Kier molecular flexibility index (Phi) is 3.99. The van der Waals surface area contributed by atoms with Crippen LogP contribution in [0.2, 0.25) is 5.02 Å². The quantitative estimate of drug-likeness (QED) is 0.774. The number of anilines is 2. The normalized spacial score (nSPS) is 10.5. The van der Waals surface area contributed by atoms with Crippen LogP contribution >= 0.6 is 11.6 Å². The van der Waals surface area contributed by atoms with Gasteiger partial charge in [-0.05, 0) is 30.7 Å². The smallest absolute Gasteiger partial charge is 0.262 e. The molecular formula is C16H14ClN5O. The molecular weight excluding hydrogens is 314 g/mol. The van der Waals surface area contributed by atoms with Crippen molar-refractivity contribution in [1.29, 1.82) is 0 Å². The van der Waals surface area contributed by atoms with Crippen LogP contribution in [0.4, 0.5) is 11.6 Å². The zero-order valence-electron chi connectivity index (χ0n) is 12.3.